The summed E-state index contributed by atoms with van der Waals surface area (Å²) < 4.78 is 6.90. The Labute approximate surface area is 248 Å². The predicted molar refractivity (Wildman–Crippen MR) is 159 cm³/mol. The number of rotatable bonds is 7. The number of ketones is 1. The van der Waals surface area contributed by atoms with Crippen molar-refractivity contribution in [2.75, 3.05) is 23.1 Å². The van der Waals surface area contributed by atoms with E-state index in [1.807, 2.05) is 49.4 Å². The molecule has 204 valence electrons. The van der Waals surface area contributed by atoms with Gasteiger partial charge in [0.1, 0.15) is 11.6 Å². The summed E-state index contributed by atoms with van der Waals surface area (Å²) in [7, 11) is 1.57. The van der Waals surface area contributed by atoms with Gasteiger partial charge in [0, 0.05) is 27.9 Å². The van der Waals surface area contributed by atoms with Crippen LogP contribution in [0.3, 0.4) is 0 Å². The number of Topliss-reactive ketones (excluding diaryl/α,β-unsaturated/α-hetero) is 1. The summed E-state index contributed by atoms with van der Waals surface area (Å²) in [5, 5.41) is 22.2. The number of hydrogen-bond donors (Lipinski definition) is 2. The molecular formula is C28H25BrN6O3S2. The fourth-order valence-corrected chi connectivity index (χ4v) is 7.05. The number of nitrogens with one attached hydrogen (secondary N) is 1. The molecule has 2 aromatic carbocycles. The van der Waals surface area contributed by atoms with E-state index in [9.17, 15) is 14.9 Å². The molecular weight excluding hydrogens is 612 g/mol. The van der Waals surface area contributed by atoms with Crippen molar-refractivity contribution in [3.05, 3.63) is 80.7 Å². The molecule has 0 saturated carbocycles. The standard InChI is InChI=1S/C28H25BrN6O3S2/c1-15-11-17(29)9-10-20(15)32-23(37)14-39-28-34-33-27(40-28)35-21-7-4-8-22(36)25(21)24(19(13-30)26(35)31)16-5-3-6-18(12-16)38-2/h3,5-6,9-12,24H,4,7-8,14,31H2,1-2H3,(H,32,37). The number of benzene rings is 2. The van der Waals surface area contributed by atoms with Gasteiger partial charge in [-0.2, -0.15) is 5.26 Å². The lowest BCUT2D eigenvalue weighted by Crippen LogP contribution is -2.38. The van der Waals surface area contributed by atoms with E-state index in [4.69, 9.17) is 10.5 Å². The van der Waals surface area contributed by atoms with Gasteiger partial charge in [-0.3, -0.25) is 14.5 Å². The summed E-state index contributed by atoms with van der Waals surface area (Å²) in [5.74, 6) is 0.222. The number of hydrogen-bond acceptors (Lipinski definition) is 10. The van der Waals surface area contributed by atoms with Crippen LogP contribution in [0.5, 0.6) is 5.75 Å². The molecule has 0 fully saturated rings. The number of thioether (sulfide) groups is 1. The van der Waals surface area contributed by atoms with E-state index in [1.54, 1.807) is 12.0 Å². The van der Waals surface area contributed by atoms with E-state index in [2.05, 4.69) is 37.5 Å². The van der Waals surface area contributed by atoms with E-state index in [-0.39, 0.29) is 28.8 Å². The lowest BCUT2D eigenvalue weighted by atomic mass is 9.76. The van der Waals surface area contributed by atoms with Gasteiger partial charge in [-0.15, -0.1) is 10.2 Å². The number of allylic oxidation sites excluding steroid dienone is 3. The van der Waals surface area contributed by atoms with Gasteiger partial charge in [0.2, 0.25) is 11.0 Å². The fraction of sp³-hybridized carbons (Fsp3) is 0.250. The first kappa shape index (κ1) is 27.9. The highest BCUT2D eigenvalue weighted by molar-refractivity contribution is 9.10. The van der Waals surface area contributed by atoms with Gasteiger partial charge < -0.3 is 15.8 Å². The Kier molecular flexibility index (Phi) is 8.25. The van der Waals surface area contributed by atoms with E-state index < -0.39 is 5.92 Å². The normalized spacial score (nSPS) is 17.0. The van der Waals surface area contributed by atoms with Crippen LogP contribution in [-0.2, 0) is 9.59 Å². The topological polar surface area (TPSA) is 134 Å². The van der Waals surface area contributed by atoms with Crippen molar-refractivity contribution < 1.29 is 14.3 Å². The number of halogens is 1. The molecule has 0 bridgehead atoms. The largest absolute Gasteiger partial charge is 0.497 e. The molecule has 1 unspecified atom stereocenters. The van der Waals surface area contributed by atoms with E-state index in [0.29, 0.717) is 40.1 Å². The number of nitrogens with two attached hydrogens (primary N) is 1. The summed E-state index contributed by atoms with van der Waals surface area (Å²) in [4.78, 5) is 27.6. The average Bonchev–Trinajstić information content (AvgIpc) is 3.41. The molecule has 1 aliphatic heterocycles. The van der Waals surface area contributed by atoms with Crippen molar-refractivity contribution in [2.24, 2.45) is 5.73 Å². The SMILES string of the molecule is COc1cccc(C2C(C#N)=C(N)N(c3nnc(SCC(=O)Nc4ccc(Br)cc4C)s3)C3=C2C(=O)CCC3)c1. The highest BCUT2D eigenvalue weighted by atomic mass is 79.9. The second-order valence-electron chi connectivity index (χ2n) is 9.24. The minimum Gasteiger partial charge on any atom is -0.497 e. The van der Waals surface area contributed by atoms with Gasteiger partial charge >= 0.3 is 0 Å². The van der Waals surface area contributed by atoms with Crippen LogP contribution in [0.25, 0.3) is 0 Å². The minimum absolute atomic E-state index is 0.0154. The van der Waals surface area contributed by atoms with Crippen molar-refractivity contribution in [1.82, 2.24) is 10.2 Å². The van der Waals surface area contributed by atoms with Gasteiger partial charge in [0.15, 0.2) is 10.1 Å². The predicted octanol–water partition coefficient (Wildman–Crippen LogP) is 5.65. The Bertz CT molecular complexity index is 1610. The Hall–Kier alpha value is -3.66. The lowest BCUT2D eigenvalue weighted by Gasteiger charge is -2.38. The summed E-state index contributed by atoms with van der Waals surface area (Å²) in [6.07, 6.45) is 1.68. The second-order valence-corrected chi connectivity index (χ2v) is 12.3. The summed E-state index contributed by atoms with van der Waals surface area (Å²) in [6, 6.07) is 15.3. The number of anilines is 2. The zero-order valence-electron chi connectivity index (χ0n) is 21.7. The summed E-state index contributed by atoms with van der Waals surface area (Å²) >= 11 is 5.94. The number of nitrogens with zero attached hydrogens (tertiary/aromatic N) is 4. The van der Waals surface area contributed by atoms with Crippen molar-refractivity contribution in [1.29, 1.82) is 5.26 Å². The Morgan fingerprint density at radius 3 is 2.88 bits per heavy atom. The molecule has 3 aromatic rings. The minimum atomic E-state index is -0.591. The molecule has 1 aliphatic carbocycles. The molecule has 9 nitrogen and oxygen atoms in total. The number of carbonyl (C=O) groups excluding carboxylic acids is 2. The smallest absolute Gasteiger partial charge is 0.234 e. The van der Waals surface area contributed by atoms with Crippen molar-refractivity contribution in [3.63, 3.8) is 0 Å². The molecule has 12 heteroatoms. The molecule has 1 atom stereocenters. The lowest BCUT2D eigenvalue weighted by molar-refractivity contribution is -0.116. The zero-order chi connectivity index (χ0) is 28.4. The highest BCUT2D eigenvalue weighted by Gasteiger charge is 2.41. The molecule has 0 spiro atoms. The monoisotopic (exact) mass is 636 g/mol. The Morgan fingerprint density at radius 2 is 2.12 bits per heavy atom. The number of ether oxygens (including phenoxy) is 1. The second kappa shape index (κ2) is 11.8. The molecule has 1 amide bonds. The average molecular weight is 638 g/mol. The van der Waals surface area contributed by atoms with Crippen molar-refractivity contribution >= 4 is 61.5 Å². The summed E-state index contributed by atoms with van der Waals surface area (Å²) in [6.45, 7) is 1.92. The maximum Gasteiger partial charge on any atom is 0.234 e. The first-order valence-electron chi connectivity index (χ1n) is 12.4. The molecule has 40 heavy (non-hydrogen) atoms. The van der Waals surface area contributed by atoms with E-state index in [1.165, 1.54) is 23.1 Å². The third-order valence-electron chi connectivity index (χ3n) is 6.72. The Morgan fingerprint density at radius 1 is 1.30 bits per heavy atom. The zero-order valence-corrected chi connectivity index (χ0v) is 25.0. The summed E-state index contributed by atoms with van der Waals surface area (Å²) in [5.41, 5.74) is 10.7. The molecule has 0 saturated heterocycles. The van der Waals surface area contributed by atoms with E-state index >= 15 is 0 Å². The van der Waals surface area contributed by atoms with Gasteiger partial charge in [-0.05, 0) is 61.2 Å². The first-order valence-corrected chi connectivity index (χ1v) is 15.0. The number of aryl methyl sites for hydroxylation is 1. The number of nitriles is 1. The van der Waals surface area contributed by atoms with Crippen LogP contribution in [0.4, 0.5) is 10.8 Å². The van der Waals surface area contributed by atoms with Gasteiger partial charge in [-0.1, -0.05) is 51.2 Å². The number of methoxy groups -OCH3 is 1. The highest BCUT2D eigenvalue weighted by Crippen LogP contribution is 2.47. The molecule has 5 rings (SSSR count). The molecule has 2 heterocycles. The van der Waals surface area contributed by atoms with Crippen LogP contribution < -0.4 is 20.7 Å². The van der Waals surface area contributed by atoms with Gasteiger partial charge in [0.05, 0.1) is 30.4 Å². The van der Waals surface area contributed by atoms with Crippen LogP contribution in [0.15, 0.2) is 73.9 Å². The van der Waals surface area contributed by atoms with Gasteiger partial charge in [0.25, 0.3) is 0 Å². The van der Waals surface area contributed by atoms with Crippen LogP contribution in [0.2, 0.25) is 0 Å². The quantitative estimate of drug-likeness (QED) is 0.315. The number of amides is 1. The van der Waals surface area contributed by atoms with Crippen LogP contribution in [-0.4, -0.2) is 34.8 Å². The molecule has 3 N–H and O–H groups in total. The third-order valence-corrected chi connectivity index (χ3v) is 9.25. The fourth-order valence-electron chi connectivity index (χ4n) is 4.89. The molecule has 0 radical (unpaired) electrons. The van der Waals surface area contributed by atoms with Crippen LogP contribution in [0.1, 0.15) is 36.3 Å². The van der Waals surface area contributed by atoms with Crippen LogP contribution >= 0.6 is 39.0 Å². The van der Waals surface area contributed by atoms with Crippen LogP contribution in [0, 0.1) is 18.3 Å². The van der Waals surface area contributed by atoms with Crippen molar-refractivity contribution in [3.8, 4) is 11.8 Å². The molecule has 1 aromatic heterocycles. The Balaban J connectivity index is 1.42. The third kappa shape index (κ3) is 5.50. The maximum absolute atomic E-state index is 13.3. The number of aromatic nitrogens is 2. The van der Waals surface area contributed by atoms with Crippen molar-refractivity contribution in [2.45, 2.75) is 36.4 Å². The molecule has 2 aliphatic rings. The first-order chi connectivity index (χ1) is 19.3. The number of carbonyl (C=O) groups is 2. The van der Waals surface area contributed by atoms with Gasteiger partial charge in [-0.25, -0.2) is 0 Å². The van der Waals surface area contributed by atoms with E-state index in [0.717, 1.165) is 27.0 Å². The maximum atomic E-state index is 13.3.